The summed E-state index contributed by atoms with van der Waals surface area (Å²) in [7, 11) is 0. The number of aromatic nitrogens is 1. The molecule has 0 aliphatic carbocycles. The number of carbonyl (C=O) groups excluding carboxylic acids is 1. The number of thiazole rings is 1. The molecule has 0 bridgehead atoms. The molecular weight excluding hydrogens is 256 g/mol. The van der Waals surface area contributed by atoms with Crippen molar-refractivity contribution >= 4 is 28.4 Å². The number of para-hydroxylation sites is 1. The minimum absolute atomic E-state index is 0.596. The van der Waals surface area contributed by atoms with Gasteiger partial charge in [0.1, 0.15) is 0 Å². The number of hydrogen-bond donors (Lipinski definition) is 0. The molecule has 1 aromatic heterocycles. The summed E-state index contributed by atoms with van der Waals surface area (Å²) in [5.41, 5.74) is 3.42. The summed E-state index contributed by atoms with van der Waals surface area (Å²) in [4.78, 5) is 18.5. The highest BCUT2D eigenvalue weighted by Crippen LogP contribution is 2.37. The first-order valence-corrected chi connectivity index (χ1v) is 7.28. The Kier molecular flexibility index (Phi) is 3.11. The van der Waals surface area contributed by atoms with Crippen molar-refractivity contribution in [2.24, 2.45) is 5.92 Å². The lowest BCUT2D eigenvalue weighted by molar-refractivity contribution is 0.112. The van der Waals surface area contributed by atoms with Crippen molar-refractivity contribution in [1.29, 1.82) is 0 Å². The van der Waals surface area contributed by atoms with Crippen molar-refractivity contribution in [3.05, 3.63) is 40.4 Å². The van der Waals surface area contributed by atoms with E-state index in [-0.39, 0.29) is 0 Å². The first kappa shape index (κ1) is 12.4. The molecule has 0 spiro atoms. The number of rotatable bonds is 2. The van der Waals surface area contributed by atoms with E-state index in [2.05, 4.69) is 41.1 Å². The normalized spacial score (nSPS) is 18.2. The molecule has 0 radical (unpaired) electrons. The van der Waals surface area contributed by atoms with Gasteiger partial charge in [-0.05, 0) is 30.9 Å². The summed E-state index contributed by atoms with van der Waals surface area (Å²) >= 11 is 1.48. The highest BCUT2D eigenvalue weighted by atomic mass is 32.1. The topological polar surface area (TPSA) is 33.2 Å². The third-order valence-electron chi connectivity index (χ3n) is 3.50. The summed E-state index contributed by atoms with van der Waals surface area (Å²) in [6.45, 7) is 5.11. The second kappa shape index (κ2) is 4.78. The first-order valence-electron chi connectivity index (χ1n) is 6.47. The van der Waals surface area contributed by atoms with E-state index in [1.165, 1.54) is 22.6 Å². The fourth-order valence-electron chi connectivity index (χ4n) is 2.60. The molecule has 1 atom stereocenters. The molecule has 1 aromatic carbocycles. The average Bonchev–Trinajstić information content (AvgIpc) is 2.79. The fourth-order valence-corrected chi connectivity index (χ4v) is 3.50. The Labute approximate surface area is 116 Å². The molecule has 0 amide bonds. The first-order chi connectivity index (χ1) is 9.19. The van der Waals surface area contributed by atoms with Gasteiger partial charge in [-0.25, -0.2) is 4.98 Å². The molecule has 2 aromatic rings. The van der Waals surface area contributed by atoms with Crippen molar-refractivity contribution in [2.45, 2.75) is 20.3 Å². The second-order valence-electron chi connectivity index (χ2n) is 5.11. The maximum absolute atomic E-state index is 11.0. The summed E-state index contributed by atoms with van der Waals surface area (Å²) in [5, 5.41) is 0.929. The molecule has 3 rings (SSSR count). The van der Waals surface area contributed by atoms with E-state index in [1.54, 1.807) is 0 Å². The quantitative estimate of drug-likeness (QED) is 0.783. The molecule has 98 valence electrons. The summed E-state index contributed by atoms with van der Waals surface area (Å²) in [6, 6.07) is 8.46. The van der Waals surface area contributed by atoms with Crippen LogP contribution in [0.3, 0.4) is 0 Å². The zero-order valence-corrected chi connectivity index (χ0v) is 11.9. The van der Waals surface area contributed by atoms with Gasteiger partial charge < -0.3 is 4.90 Å². The minimum atomic E-state index is 0.596. The van der Waals surface area contributed by atoms with Crippen LogP contribution in [-0.4, -0.2) is 17.8 Å². The van der Waals surface area contributed by atoms with Crippen LogP contribution in [0.25, 0.3) is 0 Å². The largest absolute Gasteiger partial charge is 0.317 e. The molecule has 19 heavy (non-hydrogen) atoms. The predicted molar refractivity (Wildman–Crippen MR) is 78.6 cm³/mol. The van der Waals surface area contributed by atoms with Crippen LogP contribution >= 0.6 is 11.3 Å². The van der Waals surface area contributed by atoms with Crippen LogP contribution in [0.15, 0.2) is 24.3 Å². The second-order valence-corrected chi connectivity index (χ2v) is 6.12. The van der Waals surface area contributed by atoms with Gasteiger partial charge in [0.2, 0.25) is 0 Å². The third-order valence-corrected chi connectivity index (χ3v) is 4.61. The zero-order chi connectivity index (χ0) is 13.4. The standard InChI is InChI=1S/C15H16N2OS/c1-10-7-12-5-3-4-6-13(12)17(8-10)15-16-11(2)14(9-18)19-15/h3-6,9-10H,7-8H2,1-2H3. The van der Waals surface area contributed by atoms with Crippen LogP contribution in [0.2, 0.25) is 0 Å². The van der Waals surface area contributed by atoms with Crippen molar-refractivity contribution in [2.75, 3.05) is 11.4 Å². The fraction of sp³-hybridized carbons (Fsp3) is 0.333. The summed E-state index contributed by atoms with van der Waals surface area (Å²) in [5.74, 6) is 0.596. The van der Waals surface area contributed by atoms with Crippen LogP contribution in [0, 0.1) is 12.8 Å². The lowest BCUT2D eigenvalue weighted by Gasteiger charge is -2.32. The van der Waals surface area contributed by atoms with E-state index < -0.39 is 0 Å². The average molecular weight is 272 g/mol. The third kappa shape index (κ3) is 2.16. The smallest absolute Gasteiger partial charge is 0.190 e. The van der Waals surface area contributed by atoms with Crippen molar-refractivity contribution in [1.82, 2.24) is 4.98 Å². The Morgan fingerprint density at radius 1 is 1.42 bits per heavy atom. The van der Waals surface area contributed by atoms with Crippen LogP contribution < -0.4 is 4.90 Å². The summed E-state index contributed by atoms with van der Waals surface area (Å²) in [6.07, 6.45) is 2.01. The Hall–Kier alpha value is -1.68. The van der Waals surface area contributed by atoms with E-state index in [1.807, 2.05) is 6.92 Å². The Bertz CT molecular complexity index is 620. The molecule has 0 fully saturated rings. The van der Waals surface area contributed by atoms with Gasteiger partial charge in [0.15, 0.2) is 11.4 Å². The van der Waals surface area contributed by atoms with Gasteiger partial charge in [0.05, 0.1) is 10.6 Å². The van der Waals surface area contributed by atoms with Gasteiger partial charge in [-0.1, -0.05) is 36.5 Å². The summed E-state index contributed by atoms with van der Waals surface area (Å²) < 4.78 is 0. The number of benzene rings is 1. The number of aldehydes is 1. The maximum Gasteiger partial charge on any atom is 0.190 e. The molecule has 3 nitrogen and oxygen atoms in total. The van der Waals surface area contributed by atoms with Gasteiger partial charge in [0.25, 0.3) is 0 Å². The van der Waals surface area contributed by atoms with Crippen molar-refractivity contribution in [3.8, 4) is 0 Å². The molecular formula is C15H16N2OS. The van der Waals surface area contributed by atoms with E-state index in [4.69, 9.17) is 0 Å². The van der Waals surface area contributed by atoms with E-state index in [0.717, 1.165) is 35.0 Å². The van der Waals surface area contributed by atoms with Gasteiger partial charge in [-0.15, -0.1) is 0 Å². The SMILES string of the molecule is Cc1nc(N2CC(C)Cc3ccccc32)sc1C=O. The van der Waals surface area contributed by atoms with Crippen molar-refractivity contribution in [3.63, 3.8) is 0 Å². The van der Waals surface area contributed by atoms with Crippen LogP contribution in [-0.2, 0) is 6.42 Å². The van der Waals surface area contributed by atoms with E-state index >= 15 is 0 Å². The van der Waals surface area contributed by atoms with Gasteiger partial charge in [0, 0.05) is 12.2 Å². The van der Waals surface area contributed by atoms with Crippen LogP contribution in [0.4, 0.5) is 10.8 Å². The number of anilines is 2. The monoisotopic (exact) mass is 272 g/mol. The van der Waals surface area contributed by atoms with Gasteiger partial charge in [-0.2, -0.15) is 0 Å². The molecule has 1 unspecified atom stereocenters. The van der Waals surface area contributed by atoms with Crippen LogP contribution in [0.5, 0.6) is 0 Å². The number of hydrogen-bond acceptors (Lipinski definition) is 4. The maximum atomic E-state index is 11.0. The molecule has 4 heteroatoms. The highest BCUT2D eigenvalue weighted by molar-refractivity contribution is 7.17. The van der Waals surface area contributed by atoms with Gasteiger partial charge in [-0.3, -0.25) is 4.79 Å². The predicted octanol–water partition coefficient (Wildman–Crippen LogP) is 3.59. The molecule has 1 aliphatic heterocycles. The zero-order valence-electron chi connectivity index (χ0n) is 11.1. The number of carbonyl (C=O) groups is 1. The lowest BCUT2D eigenvalue weighted by atomic mass is 9.94. The molecule has 0 saturated heterocycles. The molecule has 0 N–H and O–H groups in total. The van der Waals surface area contributed by atoms with Crippen LogP contribution in [0.1, 0.15) is 27.9 Å². The number of fused-ring (bicyclic) bond motifs is 1. The Morgan fingerprint density at radius 3 is 2.95 bits per heavy atom. The Morgan fingerprint density at radius 2 is 2.21 bits per heavy atom. The minimum Gasteiger partial charge on any atom is -0.317 e. The van der Waals surface area contributed by atoms with E-state index in [0.29, 0.717) is 5.92 Å². The van der Waals surface area contributed by atoms with Crippen molar-refractivity contribution < 1.29 is 4.79 Å². The lowest BCUT2D eigenvalue weighted by Crippen LogP contribution is -2.30. The number of nitrogens with zero attached hydrogens (tertiary/aromatic N) is 2. The molecule has 0 saturated carbocycles. The number of aryl methyl sites for hydroxylation is 1. The highest BCUT2D eigenvalue weighted by Gasteiger charge is 2.25. The van der Waals surface area contributed by atoms with Gasteiger partial charge >= 0.3 is 0 Å². The molecule has 1 aliphatic rings. The van der Waals surface area contributed by atoms with E-state index in [9.17, 15) is 4.79 Å². The Balaban J connectivity index is 2.07. The molecule has 2 heterocycles.